The zero-order chi connectivity index (χ0) is 13.1. The Morgan fingerprint density at radius 3 is 2.44 bits per heavy atom. The number of aldehydes is 1. The first-order valence-corrected chi connectivity index (χ1v) is 6.36. The highest BCUT2D eigenvalue weighted by molar-refractivity contribution is 5.85. The third-order valence-corrected chi connectivity index (χ3v) is 3.53. The summed E-state index contributed by atoms with van der Waals surface area (Å²) in [7, 11) is 0. The van der Waals surface area contributed by atoms with Crippen molar-refractivity contribution in [2.24, 2.45) is 0 Å². The smallest absolute Gasteiger partial charge is 0.155 e. The van der Waals surface area contributed by atoms with Crippen LogP contribution < -0.4 is 4.90 Å². The third-order valence-electron chi connectivity index (χ3n) is 3.53. The van der Waals surface area contributed by atoms with Crippen molar-refractivity contribution >= 4 is 12.0 Å². The summed E-state index contributed by atoms with van der Waals surface area (Å²) in [4.78, 5) is 15.5. The van der Waals surface area contributed by atoms with Gasteiger partial charge in [0.25, 0.3) is 0 Å². The molecule has 2 rings (SSSR count). The topological polar surface area (TPSA) is 23.6 Å². The average Bonchev–Trinajstić information content (AvgIpc) is 2.38. The van der Waals surface area contributed by atoms with Crippen LogP contribution in [0.3, 0.4) is 0 Å². The standard InChI is InChI=1S/C14H19FN2O/c1-11(2)16-6-8-17(9-7-16)14-5-3-4-13(15)12(14)10-18/h3-5,10-11H,6-9H2,1-2H3. The van der Waals surface area contributed by atoms with Crippen molar-refractivity contribution < 1.29 is 9.18 Å². The van der Waals surface area contributed by atoms with Gasteiger partial charge in [-0.1, -0.05) is 6.07 Å². The molecule has 0 aliphatic carbocycles. The van der Waals surface area contributed by atoms with Gasteiger partial charge in [0.2, 0.25) is 0 Å². The SMILES string of the molecule is CC(C)N1CCN(c2cccc(F)c2C=O)CC1. The zero-order valence-electron chi connectivity index (χ0n) is 10.9. The van der Waals surface area contributed by atoms with E-state index in [2.05, 4.69) is 23.6 Å². The van der Waals surface area contributed by atoms with Crippen molar-refractivity contribution in [1.29, 1.82) is 0 Å². The van der Waals surface area contributed by atoms with Gasteiger partial charge in [-0.2, -0.15) is 0 Å². The molecule has 18 heavy (non-hydrogen) atoms. The number of nitrogens with zero attached hydrogens (tertiary/aromatic N) is 2. The maximum absolute atomic E-state index is 13.5. The van der Waals surface area contributed by atoms with E-state index in [1.165, 1.54) is 6.07 Å². The van der Waals surface area contributed by atoms with Crippen LogP contribution in [0.1, 0.15) is 24.2 Å². The molecule has 3 nitrogen and oxygen atoms in total. The molecule has 0 aromatic heterocycles. The second kappa shape index (κ2) is 5.48. The molecule has 1 aromatic carbocycles. The van der Waals surface area contributed by atoms with Gasteiger partial charge < -0.3 is 4.90 Å². The van der Waals surface area contributed by atoms with Crippen molar-refractivity contribution in [3.8, 4) is 0 Å². The number of hydrogen-bond donors (Lipinski definition) is 0. The van der Waals surface area contributed by atoms with E-state index in [4.69, 9.17) is 0 Å². The van der Waals surface area contributed by atoms with E-state index in [0.29, 0.717) is 18.0 Å². The van der Waals surface area contributed by atoms with Crippen LogP contribution in [0, 0.1) is 5.82 Å². The Bertz CT molecular complexity index is 426. The van der Waals surface area contributed by atoms with Crippen molar-refractivity contribution in [1.82, 2.24) is 4.90 Å². The van der Waals surface area contributed by atoms with Crippen LogP contribution in [0.2, 0.25) is 0 Å². The van der Waals surface area contributed by atoms with Gasteiger partial charge in [-0.25, -0.2) is 4.39 Å². The highest BCUT2D eigenvalue weighted by Crippen LogP contribution is 2.23. The minimum atomic E-state index is -0.436. The summed E-state index contributed by atoms with van der Waals surface area (Å²) in [6.45, 7) is 7.92. The van der Waals surface area contributed by atoms with Gasteiger partial charge in [-0.15, -0.1) is 0 Å². The molecule has 1 aliphatic heterocycles. The lowest BCUT2D eigenvalue weighted by Gasteiger charge is -2.38. The maximum Gasteiger partial charge on any atom is 0.155 e. The van der Waals surface area contributed by atoms with E-state index in [1.807, 2.05) is 6.07 Å². The van der Waals surface area contributed by atoms with Crippen LogP contribution in [0.15, 0.2) is 18.2 Å². The minimum Gasteiger partial charge on any atom is -0.368 e. The number of piperazine rings is 1. The van der Waals surface area contributed by atoms with Gasteiger partial charge in [-0.3, -0.25) is 9.69 Å². The van der Waals surface area contributed by atoms with Gasteiger partial charge in [0.15, 0.2) is 6.29 Å². The molecule has 98 valence electrons. The van der Waals surface area contributed by atoms with Crippen molar-refractivity contribution in [3.63, 3.8) is 0 Å². The summed E-state index contributed by atoms with van der Waals surface area (Å²) in [6, 6.07) is 5.34. The number of rotatable bonds is 3. The molecule has 0 saturated carbocycles. The summed E-state index contributed by atoms with van der Waals surface area (Å²) in [5.41, 5.74) is 0.893. The lowest BCUT2D eigenvalue weighted by molar-refractivity contribution is 0.112. The van der Waals surface area contributed by atoms with Crippen LogP contribution in [0.25, 0.3) is 0 Å². The number of carbonyl (C=O) groups excluding carboxylic acids is 1. The lowest BCUT2D eigenvalue weighted by atomic mass is 10.1. The second-order valence-corrected chi connectivity index (χ2v) is 4.91. The first-order chi connectivity index (χ1) is 8.63. The molecule has 1 aliphatic rings. The lowest BCUT2D eigenvalue weighted by Crippen LogP contribution is -2.49. The first-order valence-electron chi connectivity index (χ1n) is 6.36. The fraction of sp³-hybridized carbons (Fsp3) is 0.500. The van der Waals surface area contributed by atoms with Crippen LogP contribution >= 0.6 is 0 Å². The molecule has 0 radical (unpaired) electrons. The fourth-order valence-corrected chi connectivity index (χ4v) is 2.40. The maximum atomic E-state index is 13.5. The molecule has 1 heterocycles. The van der Waals surface area contributed by atoms with E-state index in [0.717, 1.165) is 26.2 Å². The molecule has 0 amide bonds. The minimum absolute atomic E-state index is 0.176. The van der Waals surface area contributed by atoms with Crippen LogP contribution in [0.5, 0.6) is 0 Å². The number of hydrogen-bond acceptors (Lipinski definition) is 3. The highest BCUT2D eigenvalue weighted by atomic mass is 19.1. The number of halogens is 1. The molecule has 0 unspecified atom stereocenters. The summed E-state index contributed by atoms with van der Waals surface area (Å²) < 4.78 is 13.5. The average molecular weight is 250 g/mol. The third kappa shape index (κ3) is 2.53. The molecule has 1 saturated heterocycles. The molecule has 1 aromatic rings. The van der Waals surface area contributed by atoms with Gasteiger partial charge in [0.1, 0.15) is 5.82 Å². The van der Waals surface area contributed by atoms with E-state index in [-0.39, 0.29) is 5.56 Å². The summed E-state index contributed by atoms with van der Waals surface area (Å²) in [5.74, 6) is -0.436. The molecule has 4 heteroatoms. The van der Waals surface area contributed by atoms with Crippen LogP contribution in [-0.2, 0) is 0 Å². The predicted octanol–water partition coefficient (Wildman–Crippen LogP) is 2.17. The summed E-state index contributed by atoms with van der Waals surface area (Å²) >= 11 is 0. The van der Waals surface area contributed by atoms with E-state index in [9.17, 15) is 9.18 Å². The van der Waals surface area contributed by atoms with Crippen molar-refractivity contribution in [2.75, 3.05) is 31.1 Å². The van der Waals surface area contributed by atoms with Crippen molar-refractivity contribution in [2.45, 2.75) is 19.9 Å². The number of benzene rings is 1. The highest BCUT2D eigenvalue weighted by Gasteiger charge is 2.21. The van der Waals surface area contributed by atoms with Gasteiger partial charge in [0.05, 0.1) is 11.3 Å². The normalized spacial score (nSPS) is 17.2. The second-order valence-electron chi connectivity index (χ2n) is 4.91. The Kier molecular flexibility index (Phi) is 3.97. The summed E-state index contributed by atoms with van der Waals surface area (Å²) in [5, 5.41) is 0. The van der Waals surface area contributed by atoms with Gasteiger partial charge in [-0.05, 0) is 26.0 Å². The Hall–Kier alpha value is -1.42. The summed E-state index contributed by atoms with van der Waals surface area (Å²) in [6.07, 6.45) is 0.611. The van der Waals surface area contributed by atoms with Crippen molar-refractivity contribution in [3.05, 3.63) is 29.6 Å². The van der Waals surface area contributed by atoms with E-state index >= 15 is 0 Å². The monoisotopic (exact) mass is 250 g/mol. The van der Waals surface area contributed by atoms with Crippen LogP contribution in [-0.4, -0.2) is 43.4 Å². The molecule has 0 atom stereocenters. The van der Waals surface area contributed by atoms with Gasteiger partial charge >= 0.3 is 0 Å². The largest absolute Gasteiger partial charge is 0.368 e. The number of anilines is 1. The van der Waals surface area contributed by atoms with E-state index in [1.54, 1.807) is 6.07 Å². The van der Waals surface area contributed by atoms with Crippen LogP contribution in [0.4, 0.5) is 10.1 Å². The molecule has 1 fully saturated rings. The molecule has 0 N–H and O–H groups in total. The first kappa shape index (κ1) is 13.0. The molecular formula is C14H19FN2O. The Labute approximate surface area is 107 Å². The quantitative estimate of drug-likeness (QED) is 0.768. The Morgan fingerprint density at radius 2 is 1.89 bits per heavy atom. The predicted molar refractivity (Wildman–Crippen MR) is 70.7 cm³/mol. The molecule has 0 bridgehead atoms. The fourth-order valence-electron chi connectivity index (χ4n) is 2.40. The Balaban J connectivity index is 2.15. The number of carbonyl (C=O) groups is 1. The molecule has 0 spiro atoms. The Morgan fingerprint density at radius 1 is 1.22 bits per heavy atom. The molecular weight excluding hydrogens is 231 g/mol. The zero-order valence-corrected chi connectivity index (χ0v) is 10.9. The van der Waals surface area contributed by atoms with Gasteiger partial charge in [0, 0.05) is 32.2 Å². The van der Waals surface area contributed by atoms with E-state index < -0.39 is 5.82 Å².